The first-order chi connectivity index (χ1) is 12.8. The van der Waals surface area contributed by atoms with E-state index in [-0.39, 0.29) is 5.91 Å². The second-order valence-electron chi connectivity index (χ2n) is 7.12. The van der Waals surface area contributed by atoms with Crippen LogP contribution in [0.25, 0.3) is 11.4 Å². The lowest BCUT2D eigenvalue weighted by Crippen LogP contribution is -2.09. The van der Waals surface area contributed by atoms with Gasteiger partial charge in [-0.15, -0.1) is 11.3 Å². The molecule has 0 atom stereocenters. The number of aromatic amines is 1. The number of carbonyl (C=O) groups excluding carboxylic acids is 1. The lowest BCUT2D eigenvalue weighted by atomic mass is 9.99. The second-order valence-corrected chi connectivity index (χ2v) is 8.25. The summed E-state index contributed by atoms with van der Waals surface area (Å²) >= 11 is 1.64. The number of amides is 1. The molecule has 0 spiro atoms. The molecule has 5 rings (SSSR count). The number of rotatable bonds is 4. The number of thiophene rings is 1. The average molecular weight is 364 g/mol. The van der Waals surface area contributed by atoms with Crippen molar-refractivity contribution < 1.29 is 4.79 Å². The van der Waals surface area contributed by atoms with Crippen LogP contribution in [0.15, 0.2) is 30.3 Å². The third kappa shape index (κ3) is 3.05. The number of benzene rings is 1. The van der Waals surface area contributed by atoms with Crippen LogP contribution in [0.2, 0.25) is 0 Å². The van der Waals surface area contributed by atoms with E-state index < -0.39 is 0 Å². The zero-order valence-electron chi connectivity index (χ0n) is 14.4. The average Bonchev–Trinajstić information content (AvgIpc) is 3.23. The number of nitrogens with zero attached hydrogens (tertiary/aromatic N) is 2. The Morgan fingerprint density at radius 3 is 2.73 bits per heavy atom. The largest absolute Gasteiger partial charge is 0.321 e. The summed E-state index contributed by atoms with van der Waals surface area (Å²) in [6.45, 7) is 0. The topological polar surface area (TPSA) is 70.7 Å². The number of fused-ring (bicyclic) bond motifs is 1. The molecule has 2 aliphatic carbocycles. The Hall–Kier alpha value is -2.47. The molecule has 26 heavy (non-hydrogen) atoms. The van der Waals surface area contributed by atoms with Gasteiger partial charge in [-0.25, -0.2) is 4.98 Å². The summed E-state index contributed by atoms with van der Waals surface area (Å²) in [7, 11) is 0. The Labute approximate surface area is 155 Å². The highest BCUT2D eigenvalue weighted by atomic mass is 32.1. The number of aromatic nitrogens is 3. The standard InChI is InChI=1S/C20H20N4OS/c25-20(17-11-14-3-1-2-4-16(14)26-17)21-15-9-7-13(8-10-15)19-22-18(23-24-19)12-5-6-12/h7-12H,1-6H2,(H,21,25)(H,22,23,24). The van der Waals surface area contributed by atoms with Crippen LogP contribution in [0.3, 0.4) is 0 Å². The van der Waals surface area contributed by atoms with Gasteiger partial charge in [0.05, 0.1) is 4.88 Å². The maximum absolute atomic E-state index is 12.5. The highest BCUT2D eigenvalue weighted by Crippen LogP contribution is 2.38. The van der Waals surface area contributed by atoms with Crippen LogP contribution < -0.4 is 5.32 Å². The molecule has 6 heteroatoms. The molecule has 132 valence electrons. The Morgan fingerprint density at radius 2 is 1.96 bits per heavy atom. The molecule has 5 nitrogen and oxygen atoms in total. The van der Waals surface area contributed by atoms with Crippen LogP contribution in [0.1, 0.15) is 57.5 Å². The molecule has 2 aromatic heterocycles. The summed E-state index contributed by atoms with van der Waals surface area (Å²) in [6, 6.07) is 9.79. The van der Waals surface area contributed by atoms with Crippen molar-refractivity contribution in [3.63, 3.8) is 0 Å². The van der Waals surface area contributed by atoms with Crippen molar-refractivity contribution in [1.82, 2.24) is 15.2 Å². The lowest BCUT2D eigenvalue weighted by molar-refractivity contribution is 0.103. The minimum Gasteiger partial charge on any atom is -0.321 e. The molecule has 0 aliphatic heterocycles. The van der Waals surface area contributed by atoms with Crippen molar-refractivity contribution in [2.45, 2.75) is 44.4 Å². The van der Waals surface area contributed by atoms with Crippen molar-refractivity contribution in [3.8, 4) is 11.4 Å². The molecule has 1 aromatic carbocycles. The Kier molecular flexibility index (Phi) is 3.85. The summed E-state index contributed by atoms with van der Waals surface area (Å²) < 4.78 is 0. The van der Waals surface area contributed by atoms with E-state index >= 15 is 0 Å². The Balaban J connectivity index is 1.29. The number of anilines is 1. The van der Waals surface area contributed by atoms with Crippen LogP contribution in [-0.4, -0.2) is 21.1 Å². The number of H-pyrrole nitrogens is 1. The number of nitrogens with one attached hydrogen (secondary N) is 2. The summed E-state index contributed by atoms with van der Waals surface area (Å²) in [5, 5.41) is 10.3. The number of aryl methyl sites for hydroxylation is 2. The summed E-state index contributed by atoms with van der Waals surface area (Å²) in [4.78, 5) is 19.3. The van der Waals surface area contributed by atoms with Gasteiger partial charge in [-0.3, -0.25) is 9.89 Å². The van der Waals surface area contributed by atoms with Crippen LogP contribution in [0.4, 0.5) is 5.69 Å². The molecule has 0 unspecified atom stereocenters. The van der Waals surface area contributed by atoms with Gasteiger partial charge in [0.1, 0.15) is 5.82 Å². The van der Waals surface area contributed by atoms with Crippen molar-refractivity contribution >= 4 is 22.9 Å². The summed E-state index contributed by atoms with van der Waals surface area (Å²) in [5.41, 5.74) is 3.11. The molecule has 1 fully saturated rings. The third-order valence-corrected chi connectivity index (χ3v) is 6.32. The quantitative estimate of drug-likeness (QED) is 0.714. The van der Waals surface area contributed by atoms with Crippen molar-refractivity contribution in [2.24, 2.45) is 0 Å². The maximum atomic E-state index is 12.5. The van der Waals surface area contributed by atoms with Crippen LogP contribution in [0.5, 0.6) is 0 Å². The molecule has 0 saturated heterocycles. The first-order valence-electron chi connectivity index (χ1n) is 9.22. The van der Waals surface area contributed by atoms with Crippen molar-refractivity contribution in [3.05, 3.63) is 51.5 Å². The van der Waals surface area contributed by atoms with Crippen LogP contribution in [-0.2, 0) is 12.8 Å². The van der Waals surface area contributed by atoms with E-state index in [4.69, 9.17) is 0 Å². The second kappa shape index (κ2) is 6.36. The minimum absolute atomic E-state index is 0.0222. The number of hydrogen-bond acceptors (Lipinski definition) is 4. The highest BCUT2D eigenvalue weighted by Gasteiger charge is 2.27. The molecule has 3 aromatic rings. The predicted octanol–water partition coefficient (Wildman–Crippen LogP) is 4.54. The van der Waals surface area contributed by atoms with Crippen LogP contribution >= 0.6 is 11.3 Å². The Bertz CT molecular complexity index is 929. The number of hydrogen-bond donors (Lipinski definition) is 2. The molecular weight excluding hydrogens is 344 g/mol. The van der Waals surface area contributed by atoms with Gasteiger partial charge in [-0.1, -0.05) is 0 Å². The first kappa shape index (κ1) is 15.8. The zero-order chi connectivity index (χ0) is 17.5. The molecule has 2 aliphatic rings. The van der Waals surface area contributed by atoms with E-state index in [0.29, 0.717) is 5.92 Å². The van der Waals surface area contributed by atoms with Gasteiger partial charge >= 0.3 is 0 Å². The normalized spacial score (nSPS) is 16.3. The van der Waals surface area contributed by atoms with E-state index in [1.54, 1.807) is 11.3 Å². The predicted molar refractivity (Wildman–Crippen MR) is 103 cm³/mol. The maximum Gasteiger partial charge on any atom is 0.265 e. The van der Waals surface area contributed by atoms with Crippen LogP contribution in [0, 0.1) is 0 Å². The van der Waals surface area contributed by atoms with Gasteiger partial charge in [-0.2, -0.15) is 5.10 Å². The van der Waals surface area contributed by atoms with Crippen molar-refractivity contribution in [2.75, 3.05) is 5.32 Å². The lowest BCUT2D eigenvalue weighted by Gasteiger charge is -2.08. The van der Waals surface area contributed by atoms with Crippen molar-refractivity contribution in [1.29, 1.82) is 0 Å². The third-order valence-electron chi connectivity index (χ3n) is 5.09. The first-order valence-corrected chi connectivity index (χ1v) is 10.0. The Morgan fingerprint density at radius 1 is 1.15 bits per heavy atom. The van der Waals surface area contributed by atoms with E-state index in [9.17, 15) is 4.79 Å². The van der Waals surface area contributed by atoms with E-state index in [1.807, 2.05) is 24.3 Å². The smallest absolute Gasteiger partial charge is 0.265 e. The molecule has 0 bridgehead atoms. The van der Waals surface area contributed by atoms with Gasteiger partial charge in [0.15, 0.2) is 5.82 Å². The highest BCUT2D eigenvalue weighted by molar-refractivity contribution is 7.14. The fourth-order valence-corrected chi connectivity index (χ4v) is 4.59. The molecular formula is C20H20N4OS. The van der Waals surface area contributed by atoms with Gasteiger partial charge in [0, 0.05) is 22.0 Å². The van der Waals surface area contributed by atoms with Gasteiger partial charge in [0.25, 0.3) is 5.91 Å². The number of carbonyl (C=O) groups is 1. The summed E-state index contributed by atoms with van der Waals surface area (Å²) in [6.07, 6.45) is 7.09. The fraction of sp³-hybridized carbons (Fsp3) is 0.350. The summed E-state index contributed by atoms with van der Waals surface area (Å²) in [5.74, 6) is 2.24. The van der Waals surface area contributed by atoms with E-state index in [1.165, 1.54) is 36.1 Å². The molecule has 2 heterocycles. The monoisotopic (exact) mass is 364 g/mol. The van der Waals surface area contributed by atoms with Gasteiger partial charge in [0.2, 0.25) is 0 Å². The molecule has 1 saturated carbocycles. The minimum atomic E-state index is -0.0222. The van der Waals surface area contributed by atoms with Gasteiger partial charge in [-0.05, 0) is 74.4 Å². The molecule has 2 N–H and O–H groups in total. The van der Waals surface area contributed by atoms with E-state index in [0.717, 1.165) is 40.6 Å². The molecule has 1 amide bonds. The fourth-order valence-electron chi connectivity index (χ4n) is 3.44. The van der Waals surface area contributed by atoms with Gasteiger partial charge < -0.3 is 5.32 Å². The SMILES string of the molecule is O=C(Nc1ccc(-c2n[nH]c(C3CC3)n2)cc1)c1cc2c(s1)CCCC2. The molecule has 0 radical (unpaired) electrons. The zero-order valence-corrected chi connectivity index (χ0v) is 15.2. The van der Waals surface area contributed by atoms with E-state index in [2.05, 4.69) is 26.6 Å².